The molecular weight excluding hydrogens is 1040 g/mol. The van der Waals surface area contributed by atoms with Crippen LogP contribution in [0.2, 0.25) is 0 Å². The molecule has 26 heteroatoms. The van der Waals surface area contributed by atoms with E-state index in [4.69, 9.17) is 28.7 Å². The topological polar surface area (TPSA) is 463 Å². The van der Waals surface area contributed by atoms with E-state index in [2.05, 4.69) is 43.5 Å². The number of hydrogen-bond acceptors (Lipinski definition) is 15. The Morgan fingerprint density at radius 2 is 0.938 bits per heavy atom. The molecule has 0 unspecified atom stereocenters. The van der Waals surface area contributed by atoms with Crippen LogP contribution in [0.3, 0.4) is 0 Å². The molecule has 0 aliphatic heterocycles. The van der Waals surface area contributed by atoms with E-state index < -0.39 is 139 Å². The lowest BCUT2D eigenvalue weighted by atomic mass is 9.89. The van der Waals surface area contributed by atoms with Crippen LogP contribution in [-0.4, -0.2) is 149 Å². The zero-order valence-electron chi connectivity index (χ0n) is 47.7. The predicted octanol–water partition coefficient (Wildman–Crippen LogP) is 0.469. The molecule has 0 saturated heterocycles. The van der Waals surface area contributed by atoms with Crippen molar-refractivity contribution in [1.29, 1.82) is 0 Å². The van der Waals surface area contributed by atoms with Crippen LogP contribution in [0, 0.1) is 17.8 Å². The van der Waals surface area contributed by atoms with E-state index >= 15 is 0 Å². The molecule has 456 valence electrons. The first-order valence-corrected chi connectivity index (χ1v) is 28.3. The predicted molar refractivity (Wildman–Crippen MR) is 301 cm³/mol. The number of Topliss-reactive ketones (excluding diaryl/α,β-unsaturated/α-hetero) is 4. The number of primary amides is 1. The highest BCUT2D eigenvalue weighted by Gasteiger charge is 2.36. The lowest BCUT2D eigenvalue weighted by Gasteiger charge is -2.26. The van der Waals surface area contributed by atoms with Crippen LogP contribution in [-0.2, 0) is 52.7 Å². The summed E-state index contributed by atoms with van der Waals surface area (Å²) < 4.78 is 0. The van der Waals surface area contributed by atoms with Crippen LogP contribution in [0.25, 0.3) is 0 Å². The van der Waals surface area contributed by atoms with Gasteiger partial charge in [0.1, 0.15) is 0 Å². The maximum atomic E-state index is 13.8. The van der Waals surface area contributed by atoms with Crippen molar-refractivity contribution in [2.24, 2.45) is 56.4 Å². The van der Waals surface area contributed by atoms with Gasteiger partial charge in [0.15, 0.2) is 35.1 Å². The van der Waals surface area contributed by atoms with Crippen molar-refractivity contribution in [2.45, 2.75) is 218 Å². The van der Waals surface area contributed by atoms with E-state index in [-0.39, 0.29) is 88.7 Å². The molecule has 0 aliphatic rings. The minimum atomic E-state index is -1.87. The fourth-order valence-corrected chi connectivity index (χ4v) is 8.74. The molecule has 8 atom stereocenters. The average Bonchev–Trinajstić information content (AvgIpc) is 3.39. The van der Waals surface area contributed by atoms with Crippen molar-refractivity contribution >= 4 is 76.5 Å². The second-order valence-corrected chi connectivity index (χ2v) is 20.5. The number of hydrogen-bond donors (Lipinski definition) is 13. The molecule has 0 spiro atoms. The van der Waals surface area contributed by atoms with Gasteiger partial charge in [-0.3, -0.25) is 62.7 Å². The molecule has 0 aromatic carbocycles. The number of nitrogens with two attached hydrogens (primary N) is 5. The first-order valence-electron chi connectivity index (χ1n) is 28.3. The van der Waals surface area contributed by atoms with E-state index in [1.807, 2.05) is 0 Å². The summed E-state index contributed by atoms with van der Waals surface area (Å²) in [5.41, 5.74) is 26.9. The Balaban J connectivity index is 5.87. The number of rotatable bonds is 49. The molecule has 0 bridgehead atoms. The highest BCUT2D eigenvalue weighted by atomic mass is 16.4. The number of aliphatic hydroxyl groups is 2. The molecule has 6 amide bonds. The Bertz CT molecular complexity index is 2030. The molecule has 0 heterocycles. The van der Waals surface area contributed by atoms with Crippen molar-refractivity contribution in [2.75, 3.05) is 26.7 Å². The van der Waals surface area contributed by atoms with Gasteiger partial charge in [-0.15, -0.1) is 0 Å². The molecule has 0 radical (unpaired) electrons. The summed E-state index contributed by atoms with van der Waals surface area (Å²) in [7, 11) is 1.33. The van der Waals surface area contributed by atoms with Crippen molar-refractivity contribution in [1.82, 2.24) is 26.6 Å². The van der Waals surface area contributed by atoms with Crippen LogP contribution in [0.1, 0.15) is 188 Å². The third-order valence-corrected chi connectivity index (χ3v) is 13.6. The van der Waals surface area contributed by atoms with Gasteiger partial charge in [-0.25, -0.2) is 0 Å². The summed E-state index contributed by atoms with van der Waals surface area (Å²) in [6.45, 7) is 3.96. The zero-order chi connectivity index (χ0) is 60.6. The maximum Gasteiger partial charge on any atom is 0.305 e. The fraction of sp³-hybridized carbons (Fsp3) is 0.759. The Kier molecular flexibility index (Phi) is 39.7. The summed E-state index contributed by atoms with van der Waals surface area (Å²) in [4.78, 5) is 151. The van der Waals surface area contributed by atoms with Gasteiger partial charge in [-0.05, 0) is 52.4 Å². The first-order chi connectivity index (χ1) is 37.9. The van der Waals surface area contributed by atoms with Gasteiger partial charge in [0.05, 0.1) is 55.1 Å². The van der Waals surface area contributed by atoms with Gasteiger partial charge in [0.2, 0.25) is 35.4 Å². The van der Waals surface area contributed by atoms with Crippen molar-refractivity contribution in [3.05, 3.63) is 0 Å². The number of ketones is 4. The smallest absolute Gasteiger partial charge is 0.305 e. The highest BCUT2D eigenvalue weighted by molar-refractivity contribution is 5.98. The van der Waals surface area contributed by atoms with E-state index in [0.717, 1.165) is 26.2 Å². The van der Waals surface area contributed by atoms with Gasteiger partial charge in [-0.2, -0.15) is 0 Å². The molecule has 0 fully saturated rings. The maximum absolute atomic E-state index is 13.8. The van der Waals surface area contributed by atoms with Crippen molar-refractivity contribution in [3.8, 4) is 0 Å². The molecule has 0 aromatic rings. The number of amides is 6. The second-order valence-electron chi connectivity index (χ2n) is 20.5. The van der Waals surface area contributed by atoms with Crippen LogP contribution in [0.15, 0.2) is 9.98 Å². The summed E-state index contributed by atoms with van der Waals surface area (Å²) in [6, 6.07) is -5.37. The van der Waals surface area contributed by atoms with E-state index in [0.29, 0.717) is 6.42 Å². The summed E-state index contributed by atoms with van der Waals surface area (Å²) >= 11 is 0. The van der Waals surface area contributed by atoms with E-state index in [9.17, 15) is 68.1 Å². The number of nitrogens with zero attached hydrogens (tertiary/aromatic N) is 2. The van der Waals surface area contributed by atoms with Gasteiger partial charge in [-0.1, -0.05) is 84.0 Å². The summed E-state index contributed by atoms with van der Waals surface area (Å²) in [5, 5.41) is 43.1. The Hall–Kier alpha value is -6.57. The molecule has 26 nitrogen and oxygen atoms in total. The molecule has 0 aliphatic carbocycles. The summed E-state index contributed by atoms with van der Waals surface area (Å²) in [6.07, 6.45) is 9.84. The lowest BCUT2D eigenvalue weighted by Crippen LogP contribution is -2.50. The Morgan fingerprint density at radius 1 is 0.475 bits per heavy atom. The van der Waals surface area contributed by atoms with E-state index in [1.54, 1.807) is 0 Å². The number of aliphatic hydroxyl groups excluding tert-OH is 2. The SMILES string of the molecule is CCCCCCCCCCCCCCCC(=O)N[C@@H](C)C(=O)CCC(=O)N[C@@H](CCCN=C(N)N)C(=O)C[C@@H](CO)C(=O)N[C@@H](CC(=O)O)C(=O)C[C@H](C(=O)N[C@@H](CCCN=C(N)N)C(=O)C[C@@H](CCC(N)=O)C(=O)NC)[C@@H](C)O. The Morgan fingerprint density at radius 3 is 1.40 bits per heavy atom. The molecule has 0 saturated carbocycles. The molecule has 18 N–H and O–H groups in total. The van der Waals surface area contributed by atoms with Crippen LogP contribution >= 0.6 is 0 Å². The normalized spacial score (nSPS) is 14.0. The molecule has 80 heavy (non-hydrogen) atoms. The minimum absolute atomic E-state index is 0.0245. The second kappa shape index (κ2) is 43.3. The fourth-order valence-electron chi connectivity index (χ4n) is 8.74. The van der Waals surface area contributed by atoms with Crippen molar-refractivity contribution in [3.63, 3.8) is 0 Å². The monoisotopic (exact) mass is 1140 g/mol. The number of carboxylic acids is 1. The Labute approximate surface area is 470 Å². The van der Waals surface area contributed by atoms with Crippen LogP contribution < -0.4 is 55.3 Å². The number of carboxylic acid groups (broad SMARTS) is 1. The number of aliphatic carboxylic acids is 1. The molecule has 0 rings (SSSR count). The van der Waals surface area contributed by atoms with E-state index in [1.165, 1.54) is 71.8 Å². The number of carbonyl (C=O) groups excluding carboxylic acids is 10. The number of carbonyl (C=O) groups is 11. The van der Waals surface area contributed by atoms with Gasteiger partial charge in [0.25, 0.3) is 0 Å². The van der Waals surface area contributed by atoms with Crippen LogP contribution in [0.4, 0.5) is 0 Å². The third kappa shape index (κ3) is 35.1. The van der Waals surface area contributed by atoms with Crippen molar-refractivity contribution < 1.29 is 68.1 Å². The van der Waals surface area contributed by atoms with Crippen LogP contribution in [0.5, 0.6) is 0 Å². The largest absolute Gasteiger partial charge is 0.481 e. The number of unbranched alkanes of at least 4 members (excludes halogenated alkanes) is 12. The quantitative estimate of drug-likeness (QED) is 0.0224. The molecular formula is C54H96N12O14. The van der Waals surface area contributed by atoms with Gasteiger partial charge in [0, 0.05) is 71.0 Å². The minimum Gasteiger partial charge on any atom is -0.481 e. The average molecular weight is 1140 g/mol. The first kappa shape index (κ1) is 73.4. The number of guanidine groups is 2. The lowest BCUT2D eigenvalue weighted by molar-refractivity contribution is -0.142. The van der Waals surface area contributed by atoms with Gasteiger partial charge < -0.3 is 70.6 Å². The zero-order valence-corrected chi connectivity index (χ0v) is 47.7. The number of nitrogens with one attached hydrogen (secondary N) is 5. The molecule has 0 aromatic heterocycles. The number of aliphatic imine (C=N–C) groups is 2. The standard InChI is InChI=1S/C54H96N12O14/c1-5-6-7-8-9-10-11-12-13-14-15-16-17-22-47(74)63-34(2)42(69)24-26-48(75)64-39(20-18-27-61-53(56)57)44(71)30-37(33-67)51(79)66-41(32-49(76)77)45(72)31-38(35(3)68)52(80)65-40(21-19-28-62-54(58)59)43(70)29-36(50(78)60-4)23-25-46(55)73/h34-41,67-68H,5-33H2,1-4H3,(H2,55,73)(H,60,78)(H,63,74)(H,64,75)(H,65,80)(H,66,79)(H,76,77)(H4,56,57,61)(H4,58,59,62)/t34-,35+,36+,37-,38-,39-,40-,41-/m0/s1. The summed E-state index contributed by atoms with van der Waals surface area (Å²) in [5.74, 6) is -13.7. The highest BCUT2D eigenvalue weighted by Crippen LogP contribution is 2.20. The third-order valence-electron chi connectivity index (χ3n) is 13.6. The van der Waals surface area contributed by atoms with Gasteiger partial charge >= 0.3 is 5.97 Å².